The summed E-state index contributed by atoms with van der Waals surface area (Å²) in [7, 11) is -4.00. The topological polar surface area (TPSA) is 101 Å². The molecule has 0 radical (unpaired) electrons. The predicted molar refractivity (Wildman–Crippen MR) is 108 cm³/mol. The minimum atomic E-state index is -4.00. The van der Waals surface area contributed by atoms with Crippen molar-refractivity contribution in [2.24, 2.45) is 0 Å². The molecule has 7 nitrogen and oxygen atoms in total. The van der Waals surface area contributed by atoms with Crippen LogP contribution in [0.25, 0.3) is 0 Å². The number of sulfonamides is 1. The third kappa shape index (κ3) is 4.28. The van der Waals surface area contributed by atoms with Gasteiger partial charge in [-0.2, -0.15) is 0 Å². The van der Waals surface area contributed by atoms with Crippen LogP contribution in [0.3, 0.4) is 0 Å². The van der Waals surface area contributed by atoms with Crippen molar-refractivity contribution in [1.82, 2.24) is 10.2 Å². The Morgan fingerprint density at radius 3 is 2.66 bits per heavy atom. The Morgan fingerprint density at radius 2 is 1.93 bits per heavy atom. The lowest BCUT2D eigenvalue weighted by molar-refractivity contribution is 0.102. The number of carbonyl (C=O) groups is 1. The Balaban J connectivity index is 1.56. The van der Waals surface area contributed by atoms with Gasteiger partial charge in [0.25, 0.3) is 15.9 Å². The van der Waals surface area contributed by atoms with Crippen molar-refractivity contribution in [2.45, 2.75) is 30.6 Å². The zero-order chi connectivity index (χ0) is 20.6. The maximum absolute atomic E-state index is 13.5. The lowest BCUT2D eigenvalue weighted by atomic mass is 10.2. The molecule has 29 heavy (non-hydrogen) atoms. The number of carbonyl (C=O) groups excluding carboxylic acids is 1. The summed E-state index contributed by atoms with van der Waals surface area (Å²) < 4.78 is 41.3. The Bertz CT molecular complexity index is 1190. The highest BCUT2D eigenvalue weighted by Crippen LogP contribution is 2.42. The molecular weight excluding hydrogens is 415 g/mol. The summed E-state index contributed by atoms with van der Waals surface area (Å²) in [4.78, 5) is 12.6. The number of amides is 1. The van der Waals surface area contributed by atoms with Crippen LogP contribution in [0.1, 0.15) is 39.7 Å². The number of para-hydroxylation sites is 1. The van der Waals surface area contributed by atoms with Crippen molar-refractivity contribution in [1.29, 1.82) is 0 Å². The van der Waals surface area contributed by atoms with Gasteiger partial charge in [-0.05, 0) is 55.7 Å². The van der Waals surface area contributed by atoms with Gasteiger partial charge in [-0.25, -0.2) is 12.8 Å². The fourth-order valence-electron chi connectivity index (χ4n) is 2.70. The minimum absolute atomic E-state index is 0.0928. The summed E-state index contributed by atoms with van der Waals surface area (Å²) in [5.74, 6) is -0.570. The van der Waals surface area contributed by atoms with E-state index in [2.05, 4.69) is 20.2 Å². The molecule has 1 aliphatic carbocycles. The molecule has 1 amide bonds. The van der Waals surface area contributed by atoms with Crippen LogP contribution < -0.4 is 10.0 Å². The molecule has 150 valence electrons. The first-order valence-corrected chi connectivity index (χ1v) is 11.2. The van der Waals surface area contributed by atoms with Crippen molar-refractivity contribution in [3.8, 4) is 0 Å². The van der Waals surface area contributed by atoms with Crippen LogP contribution in [0.5, 0.6) is 0 Å². The van der Waals surface area contributed by atoms with E-state index in [0.717, 1.165) is 23.9 Å². The number of rotatable bonds is 6. The second-order valence-electron chi connectivity index (χ2n) is 6.74. The van der Waals surface area contributed by atoms with E-state index in [1.807, 2.05) is 0 Å². The Kier molecular flexibility index (Phi) is 5.05. The van der Waals surface area contributed by atoms with Gasteiger partial charge in [-0.15, -0.1) is 10.2 Å². The molecule has 1 heterocycles. The molecule has 0 aliphatic heterocycles. The van der Waals surface area contributed by atoms with Gasteiger partial charge in [0.15, 0.2) is 0 Å². The molecule has 0 bridgehead atoms. The van der Waals surface area contributed by atoms with Crippen LogP contribution in [0, 0.1) is 12.7 Å². The average molecular weight is 433 g/mol. The van der Waals surface area contributed by atoms with Gasteiger partial charge in [0.05, 0.1) is 16.1 Å². The molecule has 2 aromatic carbocycles. The van der Waals surface area contributed by atoms with Crippen LogP contribution in [0.4, 0.5) is 15.2 Å². The van der Waals surface area contributed by atoms with Gasteiger partial charge in [0, 0.05) is 5.92 Å². The minimum Gasteiger partial charge on any atom is -0.296 e. The summed E-state index contributed by atoms with van der Waals surface area (Å²) in [6.07, 6.45) is 2.16. The van der Waals surface area contributed by atoms with Crippen LogP contribution >= 0.6 is 11.3 Å². The number of nitrogens with zero attached hydrogens (tertiary/aromatic N) is 2. The highest BCUT2D eigenvalue weighted by Gasteiger charge is 2.28. The Morgan fingerprint density at radius 1 is 1.17 bits per heavy atom. The van der Waals surface area contributed by atoms with Crippen molar-refractivity contribution in [3.63, 3.8) is 0 Å². The van der Waals surface area contributed by atoms with E-state index in [4.69, 9.17) is 0 Å². The maximum Gasteiger partial charge on any atom is 0.261 e. The second kappa shape index (κ2) is 7.53. The van der Waals surface area contributed by atoms with Crippen LogP contribution in [0.2, 0.25) is 0 Å². The van der Waals surface area contributed by atoms with E-state index in [1.54, 1.807) is 12.1 Å². The van der Waals surface area contributed by atoms with Gasteiger partial charge in [0.1, 0.15) is 10.8 Å². The number of nitrogens with one attached hydrogen (secondary N) is 2. The van der Waals surface area contributed by atoms with Crippen molar-refractivity contribution < 1.29 is 17.6 Å². The number of benzene rings is 2. The van der Waals surface area contributed by atoms with Gasteiger partial charge in [-0.3, -0.25) is 14.8 Å². The number of aromatic nitrogens is 2. The van der Waals surface area contributed by atoms with E-state index >= 15 is 0 Å². The Hall–Kier alpha value is -2.85. The van der Waals surface area contributed by atoms with Crippen molar-refractivity contribution >= 4 is 38.1 Å². The highest BCUT2D eigenvalue weighted by molar-refractivity contribution is 7.92. The SMILES string of the molecule is Cc1cc(S(=O)(=O)Nc2ccccc2C(=O)Nc2nnc(C3CC3)s2)ccc1F. The average Bonchev–Trinajstić information content (AvgIpc) is 3.43. The first-order valence-electron chi connectivity index (χ1n) is 8.86. The quantitative estimate of drug-likeness (QED) is 0.615. The zero-order valence-electron chi connectivity index (χ0n) is 15.3. The molecule has 0 unspecified atom stereocenters. The second-order valence-corrected chi connectivity index (χ2v) is 9.43. The summed E-state index contributed by atoms with van der Waals surface area (Å²) in [6, 6.07) is 9.74. The molecule has 2 N–H and O–H groups in total. The smallest absolute Gasteiger partial charge is 0.261 e. The number of aryl methyl sites for hydroxylation is 1. The Labute approximate surface area is 171 Å². The molecule has 0 saturated heterocycles. The molecule has 4 rings (SSSR count). The number of hydrogen-bond donors (Lipinski definition) is 2. The molecule has 1 fully saturated rings. The maximum atomic E-state index is 13.5. The molecule has 3 aromatic rings. The largest absolute Gasteiger partial charge is 0.296 e. The zero-order valence-corrected chi connectivity index (χ0v) is 17.0. The highest BCUT2D eigenvalue weighted by atomic mass is 32.2. The van der Waals surface area contributed by atoms with E-state index < -0.39 is 21.7 Å². The van der Waals surface area contributed by atoms with Gasteiger partial charge in [-0.1, -0.05) is 23.5 Å². The lowest BCUT2D eigenvalue weighted by Gasteiger charge is -2.12. The van der Waals surface area contributed by atoms with Gasteiger partial charge >= 0.3 is 0 Å². The molecule has 1 aromatic heterocycles. The number of anilines is 2. The third-order valence-corrected chi connectivity index (χ3v) is 6.81. The molecule has 1 saturated carbocycles. The predicted octanol–water partition coefficient (Wildman–Crippen LogP) is 3.92. The third-order valence-electron chi connectivity index (χ3n) is 4.44. The standard InChI is InChI=1S/C19H17FN4O3S2/c1-11-10-13(8-9-15(11)20)29(26,27)24-16-5-3-2-4-14(16)17(25)21-19-23-22-18(28-19)12-6-7-12/h2-5,8-10,12,24H,6-7H2,1H3,(H,21,23,25). The van der Waals surface area contributed by atoms with Crippen LogP contribution in [-0.4, -0.2) is 24.5 Å². The first kappa shape index (κ1) is 19.5. The molecule has 1 aliphatic rings. The summed E-state index contributed by atoms with van der Waals surface area (Å²) in [6.45, 7) is 1.48. The first-order chi connectivity index (χ1) is 13.8. The summed E-state index contributed by atoms with van der Waals surface area (Å²) in [5, 5.41) is 12.0. The lowest BCUT2D eigenvalue weighted by Crippen LogP contribution is -2.18. The van der Waals surface area contributed by atoms with E-state index in [0.29, 0.717) is 11.0 Å². The van der Waals surface area contributed by atoms with Crippen molar-refractivity contribution in [3.05, 3.63) is 64.4 Å². The van der Waals surface area contributed by atoms with E-state index in [1.165, 1.54) is 42.5 Å². The molecule has 10 heteroatoms. The molecule has 0 spiro atoms. The molecule has 0 atom stereocenters. The fourth-order valence-corrected chi connectivity index (χ4v) is 4.77. The fraction of sp³-hybridized carbons (Fsp3) is 0.211. The van der Waals surface area contributed by atoms with Gasteiger partial charge in [0.2, 0.25) is 5.13 Å². The van der Waals surface area contributed by atoms with Gasteiger partial charge < -0.3 is 0 Å². The van der Waals surface area contributed by atoms with Crippen LogP contribution in [0.15, 0.2) is 47.4 Å². The summed E-state index contributed by atoms with van der Waals surface area (Å²) >= 11 is 1.32. The summed E-state index contributed by atoms with van der Waals surface area (Å²) in [5.41, 5.74) is 0.457. The number of halogens is 1. The van der Waals surface area contributed by atoms with Crippen molar-refractivity contribution in [2.75, 3.05) is 10.0 Å². The van der Waals surface area contributed by atoms with E-state index in [9.17, 15) is 17.6 Å². The number of hydrogen-bond acceptors (Lipinski definition) is 6. The monoisotopic (exact) mass is 432 g/mol. The van der Waals surface area contributed by atoms with Crippen LogP contribution in [-0.2, 0) is 10.0 Å². The molecular formula is C19H17FN4O3S2. The normalized spacial score (nSPS) is 13.9. The van der Waals surface area contributed by atoms with E-state index in [-0.39, 0.29) is 21.7 Å².